The zero-order chi connectivity index (χ0) is 12.1. The Hall–Kier alpha value is -0.580. The average Bonchev–Trinajstić information content (AvgIpc) is 2.34. The van der Waals surface area contributed by atoms with Gasteiger partial charge in [-0.05, 0) is 42.0 Å². The molecule has 0 saturated heterocycles. The van der Waals surface area contributed by atoms with Gasteiger partial charge in [0.05, 0.1) is 0 Å². The largest absolute Gasteiger partial charge is 0.219 e. The predicted octanol–water partition coefficient (Wildman–Crippen LogP) is 5.34. The van der Waals surface area contributed by atoms with Gasteiger partial charge in [-0.25, -0.2) is 4.40 Å². The second-order valence-electron chi connectivity index (χ2n) is 3.33. The average molecular weight is 371 g/mol. The van der Waals surface area contributed by atoms with Crippen molar-refractivity contribution in [2.75, 3.05) is 0 Å². The monoisotopic (exact) mass is 369 g/mol. The zero-order valence-corrected chi connectivity index (χ0v) is 12.8. The van der Waals surface area contributed by atoms with Crippen LogP contribution in [0.15, 0.2) is 66.8 Å². The van der Waals surface area contributed by atoms with E-state index in [4.69, 9.17) is 0 Å². The maximum atomic E-state index is 4.33. The lowest BCUT2D eigenvalue weighted by Gasteiger charge is -1.96. The molecule has 0 radical (unpaired) electrons. The number of rotatable bonds is 3. The van der Waals surface area contributed by atoms with Crippen molar-refractivity contribution in [2.24, 2.45) is 4.40 Å². The minimum Gasteiger partial charge on any atom is -0.219 e. The van der Waals surface area contributed by atoms with Gasteiger partial charge in [0, 0.05) is 32.0 Å². The van der Waals surface area contributed by atoms with Crippen molar-refractivity contribution in [1.82, 2.24) is 0 Å². The van der Waals surface area contributed by atoms with Crippen molar-refractivity contribution < 1.29 is 0 Å². The van der Waals surface area contributed by atoms with Crippen LogP contribution in [0, 0.1) is 0 Å². The van der Waals surface area contributed by atoms with Crippen LogP contribution in [0.25, 0.3) is 0 Å². The van der Waals surface area contributed by atoms with Crippen molar-refractivity contribution in [3.63, 3.8) is 0 Å². The number of benzene rings is 2. The lowest BCUT2D eigenvalue weighted by molar-refractivity contribution is 1.44. The Kier molecular flexibility index (Phi) is 4.83. The Balaban J connectivity index is 1.97. The summed E-state index contributed by atoms with van der Waals surface area (Å²) in [6.45, 7) is 0. The van der Waals surface area contributed by atoms with E-state index in [0.717, 1.165) is 19.4 Å². The maximum absolute atomic E-state index is 4.33. The highest BCUT2D eigenvalue weighted by Crippen LogP contribution is 2.21. The molecule has 0 spiro atoms. The van der Waals surface area contributed by atoms with E-state index in [1.54, 1.807) is 0 Å². The highest BCUT2D eigenvalue weighted by molar-refractivity contribution is 9.10. The molecule has 0 aliphatic rings. The summed E-state index contributed by atoms with van der Waals surface area (Å²) in [5, 5.41) is 0. The fourth-order valence-corrected chi connectivity index (χ4v) is 2.27. The van der Waals surface area contributed by atoms with Crippen molar-refractivity contribution in [3.05, 3.63) is 63.0 Å². The molecule has 0 atom stereocenters. The molecule has 0 unspecified atom stereocenters. The lowest BCUT2D eigenvalue weighted by Crippen LogP contribution is -1.78. The standard InChI is InChI=1S/C13H9Br2NS/c14-11-3-1-10(2-4-11)9-16-17-13-7-5-12(15)6-8-13/h1-9H. The second-order valence-corrected chi connectivity index (χ2v) is 6.03. The molecular formula is C13H9Br2NS. The van der Waals surface area contributed by atoms with Gasteiger partial charge in [-0.3, -0.25) is 0 Å². The SMILES string of the molecule is Brc1ccc(C=NSc2ccc(Br)cc2)cc1. The Bertz CT molecular complexity index is 506. The van der Waals surface area contributed by atoms with Crippen LogP contribution in [-0.2, 0) is 0 Å². The summed E-state index contributed by atoms with van der Waals surface area (Å²) in [5.74, 6) is 0. The van der Waals surface area contributed by atoms with Crippen molar-refractivity contribution in [2.45, 2.75) is 4.90 Å². The smallest absolute Gasteiger partial charge is 0.0428 e. The highest BCUT2D eigenvalue weighted by atomic mass is 79.9. The molecule has 0 amide bonds. The fraction of sp³-hybridized carbons (Fsp3) is 0. The third-order valence-electron chi connectivity index (χ3n) is 2.04. The molecule has 0 N–H and O–H groups in total. The van der Waals surface area contributed by atoms with Gasteiger partial charge in [0.15, 0.2) is 0 Å². The summed E-state index contributed by atoms with van der Waals surface area (Å²) in [6.07, 6.45) is 1.86. The molecule has 0 bridgehead atoms. The van der Waals surface area contributed by atoms with Gasteiger partial charge < -0.3 is 0 Å². The van der Waals surface area contributed by atoms with Crippen molar-refractivity contribution in [3.8, 4) is 0 Å². The third kappa shape index (κ3) is 4.30. The van der Waals surface area contributed by atoms with Crippen LogP contribution >= 0.6 is 43.8 Å². The van der Waals surface area contributed by atoms with E-state index in [9.17, 15) is 0 Å². The molecule has 17 heavy (non-hydrogen) atoms. The van der Waals surface area contributed by atoms with Crippen LogP contribution in [0.5, 0.6) is 0 Å². The van der Waals surface area contributed by atoms with E-state index in [1.165, 1.54) is 11.9 Å². The highest BCUT2D eigenvalue weighted by Gasteiger charge is 1.92. The van der Waals surface area contributed by atoms with E-state index >= 15 is 0 Å². The Morgan fingerprint density at radius 3 is 1.94 bits per heavy atom. The number of hydrogen-bond acceptors (Lipinski definition) is 2. The van der Waals surface area contributed by atoms with Gasteiger partial charge in [-0.2, -0.15) is 0 Å². The van der Waals surface area contributed by atoms with Crippen molar-refractivity contribution in [1.29, 1.82) is 0 Å². The minimum absolute atomic E-state index is 1.08. The second kappa shape index (κ2) is 6.38. The van der Waals surface area contributed by atoms with Gasteiger partial charge >= 0.3 is 0 Å². The third-order valence-corrected chi connectivity index (χ3v) is 3.79. The summed E-state index contributed by atoms with van der Waals surface area (Å²) in [7, 11) is 0. The van der Waals surface area contributed by atoms with E-state index in [-0.39, 0.29) is 0 Å². The predicted molar refractivity (Wildman–Crippen MR) is 81.7 cm³/mol. The van der Waals surface area contributed by atoms with Crippen molar-refractivity contribution >= 4 is 50.0 Å². The van der Waals surface area contributed by atoms with Crippen LogP contribution in [0.4, 0.5) is 0 Å². The van der Waals surface area contributed by atoms with Crippen LogP contribution in [0.2, 0.25) is 0 Å². The van der Waals surface area contributed by atoms with E-state index < -0.39 is 0 Å². The van der Waals surface area contributed by atoms with Crippen LogP contribution in [0.1, 0.15) is 5.56 Å². The summed E-state index contributed by atoms with van der Waals surface area (Å²) in [5.41, 5.74) is 1.10. The van der Waals surface area contributed by atoms with Crippen LogP contribution in [0.3, 0.4) is 0 Å². The summed E-state index contributed by atoms with van der Waals surface area (Å²) in [6, 6.07) is 16.2. The van der Waals surface area contributed by atoms with E-state index in [2.05, 4.69) is 36.3 Å². The topological polar surface area (TPSA) is 12.4 Å². The maximum Gasteiger partial charge on any atom is 0.0428 e. The molecular weight excluding hydrogens is 362 g/mol. The van der Waals surface area contributed by atoms with Gasteiger partial charge in [-0.1, -0.05) is 44.0 Å². The normalized spacial score (nSPS) is 10.9. The number of nitrogens with zero attached hydrogens (tertiary/aromatic N) is 1. The summed E-state index contributed by atoms with van der Waals surface area (Å²) < 4.78 is 6.49. The first-order valence-corrected chi connectivity index (χ1v) is 7.31. The molecule has 86 valence electrons. The molecule has 0 fully saturated rings. The van der Waals surface area contributed by atoms with Gasteiger partial charge in [-0.15, -0.1) is 0 Å². The molecule has 2 aromatic carbocycles. The first kappa shape index (κ1) is 12.9. The molecule has 0 aliphatic carbocycles. The molecule has 0 saturated carbocycles. The first-order valence-electron chi connectivity index (χ1n) is 4.95. The van der Waals surface area contributed by atoms with Crippen LogP contribution < -0.4 is 0 Å². The van der Waals surface area contributed by atoms with Gasteiger partial charge in [0.1, 0.15) is 0 Å². The summed E-state index contributed by atoms with van der Waals surface area (Å²) in [4.78, 5) is 1.13. The zero-order valence-electron chi connectivity index (χ0n) is 8.81. The molecule has 1 nitrogen and oxygen atoms in total. The Morgan fingerprint density at radius 2 is 1.35 bits per heavy atom. The summed E-state index contributed by atoms with van der Waals surface area (Å²) >= 11 is 8.27. The van der Waals surface area contributed by atoms with E-state index in [0.29, 0.717) is 0 Å². The molecule has 0 aliphatic heterocycles. The Morgan fingerprint density at radius 1 is 0.824 bits per heavy atom. The number of halogens is 2. The Labute approximate surface area is 122 Å². The quantitative estimate of drug-likeness (QED) is 0.524. The molecule has 0 aromatic heterocycles. The number of hydrogen-bond donors (Lipinski definition) is 0. The van der Waals surface area contributed by atoms with Crippen LogP contribution in [-0.4, -0.2) is 6.21 Å². The van der Waals surface area contributed by atoms with Gasteiger partial charge in [0.2, 0.25) is 0 Å². The molecule has 2 aromatic rings. The molecule has 4 heteroatoms. The van der Waals surface area contributed by atoms with Gasteiger partial charge in [0.25, 0.3) is 0 Å². The van der Waals surface area contributed by atoms with E-state index in [1.807, 2.05) is 54.7 Å². The minimum atomic E-state index is 1.08. The lowest BCUT2D eigenvalue weighted by atomic mass is 10.2. The molecule has 2 rings (SSSR count). The first-order chi connectivity index (χ1) is 8.24. The molecule has 0 heterocycles. The fourth-order valence-electron chi connectivity index (χ4n) is 1.19.